The van der Waals surface area contributed by atoms with Crippen LogP contribution in [0.3, 0.4) is 0 Å². The summed E-state index contributed by atoms with van der Waals surface area (Å²) in [5.41, 5.74) is 2.23. The first-order valence-corrected chi connectivity index (χ1v) is 9.40. The highest BCUT2D eigenvalue weighted by molar-refractivity contribution is 6.31. The fourth-order valence-electron chi connectivity index (χ4n) is 3.40. The van der Waals surface area contributed by atoms with Gasteiger partial charge in [0.15, 0.2) is 0 Å². The van der Waals surface area contributed by atoms with Crippen molar-refractivity contribution in [1.29, 1.82) is 0 Å². The Labute approximate surface area is 172 Å². The van der Waals surface area contributed by atoms with Gasteiger partial charge in [-0.3, -0.25) is 0 Å². The molecule has 0 amide bonds. The number of hydrogen-bond acceptors (Lipinski definition) is 3. The number of benzene rings is 2. The number of pyridine rings is 1. The van der Waals surface area contributed by atoms with E-state index in [1.807, 2.05) is 37.3 Å². The van der Waals surface area contributed by atoms with E-state index in [1.54, 1.807) is 6.07 Å². The van der Waals surface area contributed by atoms with Crippen LogP contribution in [0.2, 0.25) is 5.02 Å². The predicted octanol–water partition coefficient (Wildman–Crippen LogP) is 5.38. The van der Waals surface area contributed by atoms with Crippen molar-refractivity contribution in [3.05, 3.63) is 88.6 Å². The van der Waals surface area contributed by atoms with Gasteiger partial charge in [-0.2, -0.15) is 0 Å². The van der Waals surface area contributed by atoms with Crippen LogP contribution in [0.1, 0.15) is 23.7 Å². The van der Waals surface area contributed by atoms with Gasteiger partial charge in [-0.25, -0.2) is 13.8 Å². The summed E-state index contributed by atoms with van der Waals surface area (Å²) >= 11 is 5.90. The standard InChI is InChI=1S/C23H18ClF2NO2/c1-13(14-6-4-3-5-7-14)20-9-16-22(29-12-23(16,2)11-28)21(27-20)15-8-17(24)19(26)10-18(15)25/h3-10,28H,1,11-12H2,2H3/t23-/m0/s1. The molecule has 0 unspecified atom stereocenters. The molecule has 1 atom stereocenters. The SMILES string of the molecule is C=C(c1ccccc1)c1cc2c(c(-c3cc(Cl)c(F)cc3F)n1)OC[C@]2(C)CO. The highest BCUT2D eigenvalue weighted by Gasteiger charge is 2.39. The molecule has 0 fully saturated rings. The van der Waals surface area contributed by atoms with Crippen LogP contribution in [0.15, 0.2) is 55.1 Å². The van der Waals surface area contributed by atoms with Crippen LogP contribution in [0.4, 0.5) is 8.78 Å². The topological polar surface area (TPSA) is 42.4 Å². The van der Waals surface area contributed by atoms with Crippen molar-refractivity contribution in [2.45, 2.75) is 12.3 Å². The molecular weight excluding hydrogens is 396 g/mol. The van der Waals surface area contributed by atoms with Crippen LogP contribution in [0.5, 0.6) is 5.75 Å². The molecule has 2 aromatic carbocycles. The van der Waals surface area contributed by atoms with E-state index in [0.717, 1.165) is 11.6 Å². The zero-order valence-electron chi connectivity index (χ0n) is 15.7. The maximum absolute atomic E-state index is 14.6. The Bertz CT molecular complexity index is 1120. The molecule has 3 aromatic rings. The van der Waals surface area contributed by atoms with E-state index in [9.17, 15) is 13.9 Å². The van der Waals surface area contributed by atoms with Gasteiger partial charge in [0.2, 0.25) is 0 Å². The second kappa shape index (κ2) is 7.25. The Morgan fingerprint density at radius 3 is 2.62 bits per heavy atom. The Hall–Kier alpha value is -2.76. The normalized spacial score (nSPS) is 17.7. The lowest BCUT2D eigenvalue weighted by Gasteiger charge is -2.20. The lowest BCUT2D eigenvalue weighted by molar-refractivity contribution is 0.171. The zero-order chi connectivity index (χ0) is 20.8. The van der Waals surface area contributed by atoms with E-state index in [1.165, 1.54) is 6.07 Å². The molecule has 2 heterocycles. The van der Waals surface area contributed by atoms with Gasteiger partial charge in [0.25, 0.3) is 0 Å². The number of aromatic nitrogens is 1. The van der Waals surface area contributed by atoms with Crippen LogP contribution in [-0.2, 0) is 5.41 Å². The van der Waals surface area contributed by atoms with Crippen molar-refractivity contribution in [3.63, 3.8) is 0 Å². The fourth-order valence-corrected chi connectivity index (χ4v) is 3.56. The average Bonchev–Trinajstić information content (AvgIpc) is 3.08. The third-order valence-corrected chi connectivity index (χ3v) is 5.49. The summed E-state index contributed by atoms with van der Waals surface area (Å²) in [4.78, 5) is 4.60. The first-order chi connectivity index (χ1) is 13.8. The average molecular weight is 414 g/mol. The van der Waals surface area contributed by atoms with Crippen LogP contribution in [-0.4, -0.2) is 23.3 Å². The van der Waals surface area contributed by atoms with E-state index in [0.29, 0.717) is 22.6 Å². The molecule has 3 nitrogen and oxygen atoms in total. The molecule has 1 aromatic heterocycles. The first-order valence-electron chi connectivity index (χ1n) is 9.03. The van der Waals surface area contributed by atoms with Crippen molar-refractivity contribution >= 4 is 17.2 Å². The minimum atomic E-state index is -0.851. The third-order valence-electron chi connectivity index (χ3n) is 5.20. The molecule has 6 heteroatoms. The van der Waals surface area contributed by atoms with Gasteiger partial charge in [0, 0.05) is 22.8 Å². The number of ether oxygens (including phenoxy) is 1. The van der Waals surface area contributed by atoms with Gasteiger partial charge in [-0.05, 0) is 24.6 Å². The van der Waals surface area contributed by atoms with Crippen molar-refractivity contribution in [2.24, 2.45) is 0 Å². The van der Waals surface area contributed by atoms with E-state index < -0.39 is 17.0 Å². The Balaban J connectivity index is 1.97. The summed E-state index contributed by atoms with van der Waals surface area (Å²) in [5.74, 6) is -1.30. The monoisotopic (exact) mass is 413 g/mol. The second-order valence-electron chi connectivity index (χ2n) is 7.33. The summed E-state index contributed by atoms with van der Waals surface area (Å²) in [5, 5.41) is 9.73. The van der Waals surface area contributed by atoms with Crippen LogP contribution < -0.4 is 4.74 Å². The molecule has 1 aliphatic rings. The van der Waals surface area contributed by atoms with Crippen molar-refractivity contribution in [1.82, 2.24) is 4.98 Å². The second-order valence-corrected chi connectivity index (χ2v) is 7.74. The Morgan fingerprint density at radius 1 is 1.21 bits per heavy atom. The number of nitrogens with zero attached hydrogens (tertiary/aromatic N) is 1. The molecule has 0 saturated heterocycles. The zero-order valence-corrected chi connectivity index (χ0v) is 16.4. The predicted molar refractivity (Wildman–Crippen MR) is 109 cm³/mol. The maximum atomic E-state index is 14.6. The lowest BCUT2D eigenvalue weighted by atomic mass is 9.84. The summed E-state index contributed by atoms with van der Waals surface area (Å²) in [6.07, 6.45) is 0. The Kier molecular flexibility index (Phi) is 4.89. The van der Waals surface area contributed by atoms with Crippen LogP contribution in [0, 0.1) is 11.6 Å². The van der Waals surface area contributed by atoms with Gasteiger partial charge < -0.3 is 9.84 Å². The van der Waals surface area contributed by atoms with Gasteiger partial charge in [-0.1, -0.05) is 48.5 Å². The molecule has 0 aliphatic carbocycles. The van der Waals surface area contributed by atoms with Crippen LogP contribution >= 0.6 is 11.6 Å². The fraction of sp³-hybridized carbons (Fsp3) is 0.174. The maximum Gasteiger partial charge on any atom is 0.149 e. The van der Waals surface area contributed by atoms with Crippen LogP contribution in [0.25, 0.3) is 16.8 Å². The molecule has 0 spiro atoms. The van der Waals surface area contributed by atoms with E-state index in [-0.39, 0.29) is 29.5 Å². The Morgan fingerprint density at radius 2 is 1.93 bits per heavy atom. The molecule has 0 bridgehead atoms. The molecule has 148 valence electrons. The van der Waals surface area contributed by atoms with Gasteiger partial charge in [0.05, 0.1) is 22.7 Å². The molecular formula is C23H18ClF2NO2. The largest absolute Gasteiger partial charge is 0.490 e. The highest BCUT2D eigenvalue weighted by atomic mass is 35.5. The number of rotatable bonds is 4. The smallest absolute Gasteiger partial charge is 0.149 e. The highest BCUT2D eigenvalue weighted by Crippen LogP contribution is 2.46. The molecule has 1 N–H and O–H groups in total. The number of fused-ring (bicyclic) bond motifs is 1. The molecule has 29 heavy (non-hydrogen) atoms. The number of aliphatic hydroxyl groups excluding tert-OH is 1. The molecule has 0 radical (unpaired) electrons. The number of aliphatic hydroxyl groups is 1. The summed E-state index contributed by atoms with van der Waals surface area (Å²) in [6.45, 7) is 6.04. The van der Waals surface area contributed by atoms with E-state index in [4.69, 9.17) is 16.3 Å². The molecule has 0 saturated carbocycles. The van der Waals surface area contributed by atoms with E-state index >= 15 is 0 Å². The minimum absolute atomic E-state index is 0.0255. The summed E-state index contributed by atoms with van der Waals surface area (Å²) in [6, 6.07) is 13.2. The van der Waals surface area contributed by atoms with Crippen molar-refractivity contribution < 1.29 is 18.6 Å². The third kappa shape index (κ3) is 3.30. The number of halogens is 3. The van der Waals surface area contributed by atoms with Crippen molar-refractivity contribution in [2.75, 3.05) is 13.2 Å². The minimum Gasteiger partial charge on any atom is -0.490 e. The van der Waals surface area contributed by atoms with Gasteiger partial charge >= 0.3 is 0 Å². The van der Waals surface area contributed by atoms with Crippen molar-refractivity contribution in [3.8, 4) is 17.0 Å². The molecule has 4 rings (SSSR count). The van der Waals surface area contributed by atoms with Gasteiger partial charge in [0.1, 0.15) is 29.7 Å². The lowest BCUT2D eigenvalue weighted by Crippen LogP contribution is -2.28. The first kappa shape index (κ1) is 19.6. The summed E-state index contributed by atoms with van der Waals surface area (Å²) < 4.78 is 34.1. The molecule has 1 aliphatic heterocycles. The number of hydrogen-bond donors (Lipinski definition) is 1. The quantitative estimate of drug-likeness (QED) is 0.583. The van der Waals surface area contributed by atoms with E-state index in [2.05, 4.69) is 11.6 Å². The van der Waals surface area contributed by atoms with Gasteiger partial charge in [-0.15, -0.1) is 0 Å². The summed E-state index contributed by atoms with van der Waals surface area (Å²) in [7, 11) is 0.